The molecule has 0 spiro atoms. The van der Waals surface area contributed by atoms with Gasteiger partial charge in [-0.1, -0.05) is 11.6 Å². The average Bonchev–Trinajstić information content (AvgIpc) is 2.62. The van der Waals surface area contributed by atoms with Gasteiger partial charge in [0.15, 0.2) is 0 Å². The van der Waals surface area contributed by atoms with Gasteiger partial charge in [0.2, 0.25) is 5.91 Å². The summed E-state index contributed by atoms with van der Waals surface area (Å²) in [6.45, 7) is 4.35. The standard InChI is InChI=1S/C19H25ClN2O2/c1-14-4-2-3-11-22(14)19(24)16-9-12-21(13-10-16)18(23)15-5-7-17(20)8-6-15/h5-8,14,16H,2-4,9-13H2,1H3/t14-/m1/s1. The molecule has 2 fully saturated rings. The predicted molar refractivity (Wildman–Crippen MR) is 95.1 cm³/mol. The summed E-state index contributed by atoms with van der Waals surface area (Å²) >= 11 is 5.87. The second-order valence-corrected chi connectivity index (χ2v) is 7.39. The zero-order chi connectivity index (χ0) is 17.1. The summed E-state index contributed by atoms with van der Waals surface area (Å²) < 4.78 is 0. The number of likely N-dealkylation sites (tertiary alicyclic amines) is 2. The Kier molecular flexibility index (Phi) is 5.44. The number of carbonyl (C=O) groups is 2. The van der Waals surface area contributed by atoms with Gasteiger partial charge in [-0.2, -0.15) is 0 Å². The number of rotatable bonds is 2. The second-order valence-electron chi connectivity index (χ2n) is 6.95. The van der Waals surface area contributed by atoms with Gasteiger partial charge in [-0.3, -0.25) is 9.59 Å². The summed E-state index contributed by atoms with van der Waals surface area (Å²) in [5.74, 6) is 0.393. The number of benzene rings is 1. The van der Waals surface area contributed by atoms with E-state index in [1.54, 1.807) is 24.3 Å². The van der Waals surface area contributed by atoms with Crippen molar-refractivity contribution in [3.63, 3.8) is 0 Å². The minimum Gasteiger partial charge on any atom is -0.340 e. The fourth-order valence-corrected chi connectivity index (χ4v) is 3.89. The molecule has 2 heterocycles. The van der Waals surface area contributed by atoms with Gasteiger partial charge in [-0.15, -0.1) is 0 Å². The van der Waals surface area contributed by atoms with Crippen molar-refractivity contribution in [1.29, 1.82) is 0 Å². The molecular formula is C19H25ClN2O2. The Morgan fingerprint density at radius 3 is 2.29 bits per heavy atom. The first-order valence-corrected chi connectivity index (χ1v) is 9.29. The molecule has 5 heteroatoms. The van der Waals surface area contributed by atoms with Crippen LogP contribution in [-0.4, -0.2) is 47.3 Å². The molecule has 1 aromatic rings. The number of piperidine rings is 2. The molecule has 0 bridgehead atoms. The third-order valence-electron chi connectivity index (χ3n) is 5.31. The molecule has 1 aromatic carbocycles. The maximum Gasteiger partial charge on any atom is 0.253 e. The van der Waals surface area contributed by atoms with Gasteiger partial charge in [0, 0.05) is 42.2 Å². The van der Waals surface area contributed by atoms with Crippen LogP contribution in [0.1, 0.15) is 49.4 Å². The highest BCUT2D eigenvalue weighted by Gasteiger charge is 2.33. The lowest BCUT2D eigenvalue weighted by Crippen LogP contribution is -2.48. The molecule has 0 radical (unpaired) electrons. The third kappa shape index (κ3) is 3.75. The molecule has 1 atom stereocenters. The average molecular weight is 349 g/mol. The molecule has 2 saturated heterocycles. The zero-order valence-corrected chi connectivity index (χ0v) is 15.0. The van der Waals surface area contributed by atoms with E-state index in [1.807, 2.05) is 4.90 Å². The second kappa shape index (κ2) is 7.56. The Morgan fingerprint density at radius 1 is 1.00 bits per heavy atom. The van der Waals surface area contributed by atoms with Crippen LogP contribution in [0.15, 0.2) is 24.3 Å². The molecule has 0 N–H and O–H groups in total. The first kappa shape index (κ1) is 17.3. The number of nitrogens with zero attached hydrogens (tertiary/aromatic N) is 2. The zero-order valence-electron chi connectivity index (χ0n) is 14.2. The van der Waals surface area contributed by atoms with Crippen LogP contribution < -0.4 is 0 Å². The van der Waals surface area contributed by atoms with E-state index in [0.717, 1.165) is 32.2 Å². The van der Waals surface area contributed by atoms with Gasteiger partial charge < -0.3 is 9.80 Å². The molecular weight excluding hydrogens is 324 g/mol. The van der Waals surface area contributed by atoms with Crippen molar-refractivity contribution < 1.29 is 9.59 Å². The Balaban J connectivity index is 1.56. The van der Waals surface area contributed by atoms with Crippen LogP contribution >= 0.6 is 11.6 Å². The van der Waals surface area contributed by atoms with E-state index in [2.05, 4.69) is 11.8 Å². The van der Waals surface area contributed by atoms with E-state index in [1.165, 1.54) is 6.42 Å². The van der Waals surface area contributed by atoms with Crippen LogP contribution in [-0.2, 0) is 4.79 Å². The van der Waals surface area contributed by atoms with E-state index in [4.69, 9.17) is 11.6 Å². The molecule has 0 unspecified atom stereocenters. The van der Waals surface area contributed by atoms with Crippen LogP contribution in [0.5, 0.6) is 0 Å². The maximum absolute atomic E-state index is 12.8. The molecule has 130 valence electrons. The van der Waals surface area contributed by atoms with Crippen LogP contribution in [0.3, 0.4) is 0 Å². The summed E-state index contributed by atoms with van der Waals surface area (Å²) in [6, 6.07) is 7.36. The minimum atomic E-state index is 0.0314. The molecule has 2 aliphatic heterocycles. The smallest absolute Gasteiger partial charge is 0.253 e. The fourth-order valence-electron chi connectivity index (χ4n) is 3.76. The van der Waals surface area contributed by atoms with Crippen molar-refractivity contribution in [2.75, 3.05) is 19.6 Å². The summed E-state index contributed by atoms with van der Waals surface area (Å²) in [5.41, 5.74) is 0.661. The Bertz CT molecular complexity index is 594. The summed E-state index contributed by atoms with van der Waals surface area (Å²) in [4.78, 5) is 29.2. The molecule has 0 saturated carbocycles. The van der Waals surface area contributed by atoms with E-state index >= 15 is 0 Å². The number of halogens is 1. The highest BCUT2D eigenvalue weighted by Crippen LogP contribution is 2.25. The van der Waals surface area contributed by atoms with Crippen molar-refractivity contribution in [2.45, 2.75) is 45.1 Å². The highest BCUT2D eigenvalue weighted by atomic mass is 35.5. The van der Waals surface area contributed by atoms with Crippen LogP contribution in [0.25, 0.3) is 0 Å². The third-order valence-corrected chi connectivity index (χ3v) is 5.56. The molecule has 0 aliphatic carbocycles. The highest BCUT2D eigenvalue weighted by molar-refractivity contribution is 6.30. The van der Waals surface area contributed by atoms with Gasteiger partial charge in [0.1, 0.15) is 0 Å². The molecule has 4 nitrogen and oxygen atoms in total. The van der Waals surface area contributed by atoms with Crippen molar-refractivity contribution >= 4 is 23.4 Å². The lowest BCUT2D eigenvalue weighted by Gasteiger charge is -2.38. The molecule has 24 heavy (non-hydrogen) atoms. The fraction of sp³-hybridized carbons (Fsp3) is 0.579. The first-order valence-electron chi connectivity index (χ1n) is 8.91. The molecule has 2 amide bonds. The van der Waals surface area contributed by atoms with Gasteiger partial charge in [0.05, 0.1) is 0 Å². The van der Waals surface area contributed by atoms with Gasteiger partial charge in [-0.25, -0.2) is 0 Å². The Hall–Kier alpha value is -1.55. The lowest BCUT2D eigenvalue weighted by molar-refractivity contribution is -0.140. The van der Waals surface area contributed by atoms with E-state index in [0.29, 0.717) is 35.6 Å². The van der Waals surface area contributed by atoms with Crippen molar-refractivity contribution in [3.8, 4) is 0 Å². The largest absolute Gasteiger partial charge is 0.340 e. The van der Waals surface area contributed by atoms with Crippen molar-refractivity contribution in [3.05, 3.63) is 34.9 Å². The maximum atomic E-state index is 12.8. The van der Waals surface area contributed by atoms with E-state index in [-0.39, 0.29) is 11.8 Å². The Labute approximate surface area is 148 Å². The SMILES string of the molecule is C[C@@H]1CCCCN1C(=O)C1CCN(C(=O)c2ccc(Cl)cc2)CC1. The van der Waals surface area contributed by atoms with Crippen LogP contribution in [0, 0.1) is 5.92 Å². The normalized spacial score (nSPS) is 22.5. The minimum absolute atomic E-state index is 0.0314. The summed E-state index contributed by atoms with van der Waals surface area (Å²) in [7, 11) is 0. The van der Waals surface area contributed by atoms with Gasteiger partial charge >= 0.3 is 0 Å². The molecule has 0 aromatic heterocycles. The molecule has 2 aliphatic rings. The lowest BCUT2D eigenvalue weighted by atomic mass is 9.92. The summed E-state index contributed by atoms with van der Waals surface area (Å²) in [5, 5.41) is 0.631. The number of hydrogen-bond donors (Lipinski definition) is 0. The predicted octanol–water partition coefficient (Wildman–Crippen LogP) is 3.59. The Morgan fingerprint density at radius 2 is 1.67 bits per heavy atom. The van der Waals surface area contributed by atoms with Crippen LogP contribution in [0.2, 0.25) is 5.02 Å². The van der Waals surface area contributed by atoms with E-state index in [9.17, 15) is 9.59 Å². The van der Waals surface area contributed by atoms with Crippen molar-refractivity contribution in [1.82, 2.24) is 9.80 Å². The summed E-state index contributed by atoms with van der Waals surface area (Å²) in [6.07, 6.45) is 4.98. The number of carbonyl (C=O) groups excluding carboxylic acids is 2. The van der Waals surface area contributed by atoms with Crippen molar-refractivity contribution in [2.24, 2.45) is 5.92 Å². The topological polar surface area (TPSA) is 40.6 Å². The van der Waals surface area contributed by atoms with Gasteiger partial charge in [0.25, 0.3) is 5.91 Å². The number of hydrogen-bond acceptors (Lipinski definition) is 2. The first-order chi connectivity index (χ1) is 11.6. The monoisotopic (exact) mass is 348 g/mol. The van der Waals surface area contributed by atoms with E-state index < -0.39 is 0 Å². The molecule has 3 rings (SSSR count). The van der Waals surface area contributed by atoms with Crippen LogP contribution in [0.4, 0.5) is 0 Å². The quantitative estimate of drug-likeness (QED) is 0.819. The number of amides is 2. The van der Waals surface area contributed by atoms with Gasteiger partial charge in [-0.05, 0) is 63.3 Å².